The minimum absolute atomic E-state index is 0.260. The van der Waals surface area contributed by atoms with Crippen molar-refractivity contribution in [2.45, 2.75) is 6.04 Å². The summed E-state index contributed by atoms with van der Waals surface area (Å²) in [5.74, 6) is -0.323. The summed E-state index contributed by atoms with van der Waals surface area (Å²) in [7, 11) is 5.50. The lowest BCUT2D eigenvalue weighted by Crippen LogP contribution is -2.26. The number of carbonyl (C=O) groups is 1. The number of likely N-dealkylation sites (N-methyl/N-ethyl adjacent to an activating group) is 1. The number of ether oxygens (including phenoxy) is 1. The van der Waals surface area contributed by atoms with E-state index in [-0.39, 0.29) is 12.0 Å². The Hall–Kier alpha value is -1.85. The van der Waals surface area contributed by atoms with Crippen molar-refractivity contribution in [1.29, 1.82) is 0 Å². The topological polar surface area (TPSA) is 41.6 Å². The van der Waals surface area contributed by atoms with Crippen LogP contribution in [-0.4, -0.2) is 38.6 Å². The lowest BCUT2D eigenvalue weighted by Gasteiger charge is -2.24. The Morgan fingerprint density at radius 1 is 1.29 bits per heavy atom. The number of carbonyl (C=O) groups excluding carboxylic acids is 1. The van der Waals surface area contributed by atoms with E-state index in [4.69, 9.17) is 4.74 Å². The number of esters is 1. The third-order valence-electron chi connectivity index (χ3n) is 3.31. The summed E-state index contributed by atoms with van der Waals surface area (Å²) in [6, 6.07) is 11.8. The fraction of sp³-hybridized carbons (Fsp3) is 0.312. The highest BCUT2D eigenvalue weighted by Crippen LogP contribution is 2.24. The lowest BCUT2D eigenvalue weighted by atomic mass is 10.1. The number of methoxy groups -OCH3 is 1. The van der Waals surface area contributed by atoms with Gasteiger partial charge in [0.05, 0.1) is 18.7 Å². The van der Waals surface area contributed by atoms with Crippen molar-refractivity contribution in [2.75, 3.05) is 33.1 Å². The van der Waals surface area contributed by atoms with Gasteiger partial charge in [-0.3, -0.25) is 0 Å². The Balaban J connectivity index is 2.13. The molecule has 4 nitrogen and oxygen atoms in total. The molecule has 21 heavy (non-hydrogen) atoms. The normalized spacial score (nSPS) is 12.2. The van der Waals surface area contributed by atoms with Crippen molar-refractivity contribution in [2.24, 2.45) is 0 Å². The molecular weight excluding hydrogens is 284 g/mol. The van der Waals surface area contributed by atoms with Crippen molar-refractivity contribution in [3.63, 3.8) is 0 Å². The largest absolute Gasteiger partial charge is 0.465 e. The van der Waals surface area contributed by atoms with Crippen molar-refractivity contribution in [3.8, 4) is 0 Å². The zero-order valence-corrected chi connectivity index (χ0v) is 13.3. The number of nitrogens with zero attached hydrogens (tertiary/aromatic N) is 1. The first kappa shape index (κ1) is 15.5. The molecule has 0 radical (unpaired) electrons. The number of hydrogen-bond donors (Lipinski definition) is 1. The maximum atomic E-state index is 11.8. The highest BCUT2D eigenvalue weighted by Gasteiger charge is 2.17. The van der Waals surface area contributed by atoms with Gasteiger partial charge in [-0.1, -0.05) is 18.2 Å². The Morgan fingerprint density at radius 2 is 2.05 bits per heavy atom. The molecule has 1 aromatic carbocycles. The van der Waals surface area contributed by atoms with Crippen LogP contribution in [0.1, 0.15) is 21.3 Å². The van der Waals surface area contributed by atoms with E-state index in [9.17, 15) is 4.79 Å². The first-order chi connectivity index (χ1) is 10.1. The van der Waals surface area contributed by atoms with Crippen LogP contribution in [0.2, 0.25) is 0 Å². The van der Waals surface area contributed by atoms with Crippen molar-refractivity contribution < 1.29 is 9.53 Å². The maximum Gasteiger partial charge on any atom is 0.339 e. The molecule has 0 bridgehead atoms. The van der Waals surface area contributed by atoms with E-state index in [1.807, 2.05) is 18.2 Å². The Bertz CT molecular complexity index is 582. The van der Waals surface area contributed by atoms with Gasteiger partial charge in [-0.05, 0) is 37.7 Å². The van der Waals surface area contributed by atoms with Crippen molar-refractivity contribution in [1.82, 2.24) is 4.90 Å². The molecule has 0 aliphatic heterocycles. The summed E-state index contributed by atoms with van der Waals surface area (Å²) in [6.07, 6.45) is 0. The summed E-state index contributed by atoms with van der Waals surface area (Å²) in [5.41, 5.74) is 1.36. The van der Waals surface area contributed by atoms with Gasteiger partial charge in [0.25, 0.3) is 0 Å². The number of thiophene rings is 1. The predicted octanol–water partition coefficient (Wildman–Crippen LogP) is 3.25. The molecule has 0 saturated heterocycles. The number of rotatable bonds is 6. The van der Waals surface area contributed by atoms with Crippen LogP contribution < -0.4 is 5.32 Å². The Labute approximate surface area is 129 Å². The predicted molar refractivity (Wildman–Crippen MR) is 87.0 cm³/mol. The van der Waals surface area contributed by atoms with Gasteiger partial charge in [-0.2, -0.15) is 0 Å². The van der Waals surface area contributed by atoms with Gasteiger partial charge in [0.15, 0.2) is 0 Å². The van der Waals surface area contributed by atoms with Crippen molar-refractivity contribution >= 4 is 23.0 Å². The summed E-state index contributed by atoms with van der Waals surface area (Å²) < 4.78 is 4.82. The number of benzene rings is 1. The van der Waals surface area contributed by atoms with E-state index in [2.05, 4.69) is 41.8 Å². The monoisotopic (exact) mass is 304 g/mol. The molecule has 5 heteroatoms. The molecule has 0 fully saturated rings. The SMILES string of the molecule is COC(=O)c1ccccc1NCC(c1cccs1)N(C)C. The van der Waals surface area contributed by atoms with Crippen LogP contribution in [0.4, 0.5) is 5.69 Å². The van der Waals surface area contributed by atoms with E-state index >= 15 is 0 Å². The van der Waals surface area contributed by atoms with Gasteiger partial charge in [-0.15, -0.1) is 11.3 Å². The van der Waals surface area contributed by atoms with Gasteiger partial charge in [-0.25, -0.2) is 4.79 Å². The van der Waals surface area contributed by atoms with Crippen LogP contribution in [0.15, 0.2) is 41.8 Å². The first-order valence-corrected chi connectivity index (χ1v) is 7.62. The van der Waals surface area contributed by atoms with E-state index in [0.29, 0.717) is 5.56 Å². The van der Waals surface area contributed by atoms with Gasteiger partial charge in [0.2, 0.25) is 0 Å². The maximum absolute atomic E-state index is 11.8. The van der Waals surface area contributed by atoms with Crippen LogP contribution in [0.25, 0.3) is 0 Å². The zero-order chi connectivity index (χ0) is 15.2. The van der Waals surface area contributed by atoms with E-state index in [1.165, 1.54) is 12.0 Å². The second-order valence-electron chi connectivity index (χ2n) is 4.91. The van der Waals surface area contributed by atoms with E-state index in [0.717, 1.165) is 12.2 Å². The zero-order valence-electron chi connectivity index (χ0n) is 12.5. The fourth-order valence-corrected chi connectivity index (χ4v) is 3.07. The third-order valence-corrected chi connectivity index (χ3v) is 4.29. The fourth-order valence-electron chi connectivity index (χ4n) is 2.15. The molecule has 112 valence electrons. The van der Waals surface area contributed by atoms with Gasteiger partial charge in [0.1, 0.15) is 0 Å². The Morgan fingerprint density at radius 3 is 2.67 bits per heavy atom. The molecule has 1 unspecified atom stereocenters. The smallest absolute Gasteiger partial charge is 0.339 e. The molecule has 1 aromatic heterocycles. The van der Waals surface area contributed by atoms with Crippen molar-refractivity contribution in [3.05, 3.63) is 52.2 Å². The molecule has 2 aromatic rings. The molecular formula is C16H20N2O2S. The standard InChI is InChI=1S/C16H20N2O2S/c1-18(2)14(15-9-6-10-21-15)11-17-13-8-5-4-7-12(13)16(19)20-3/h4-10,14,17H,11H2,1-3H3. The lowest BCUT2D eigenvalue weighted by molar-refractivity contribution is 0.0602. The van der Waals surface area contributed by atoms with Gasteiger partial charge in [0, 0.05) is 17.1 Å². The highest BCUT2D eigenvalue weighted by atomic mass is 32.1. The van der Waals surface area contributed by atoms with E-state index < -0.39 is 0 Å². The molecule has 0 aliphatic carbocycles. The average molecular weight is 304 g/mol. The second-order valence-corrected chi connectivity index (χ2v) is 5.89. The number of nitrogens with one attached hydrogen (secondary N) is 1. The minimum Gasteiger partial charge on any atom is -0.465 e. The van der Waals surface area contributed by atoms with Crippen LogP contribution >= 0.6 is 11.3 Å². The van der Waals surface area contributed by atoms with Gasteiger partial charge < -0.3 is 15.0 Å². The Kier molecular flexibility index (Phi) is 5.36. The molecule has 0 spiro atoms. The quantitative estimate of drug-likeness (QED) is 0.832. The molecule has 1 heterocycles. The van der Waals surface area contributed by atoms with E-state index in [1.54, 1.807) is 17.4 Å². The molecule has 2 rings (SSSR count). The first-order valence-electron chi connectivity index (χ1n) is 6.74. The summed E-state index contributed by atoms with van der Waals surface area (Å²) in [5, 5.41) is 5.44. The number of anilines is 1. The second kappa shape index (κ2) is 7.24. The van der Waals surface area contributed by atoms with Crippen LogP contribution in [0, 0.1) is 0 Å². The van der Waals surface area contributed by atoms with Crippen LogP contribution in [-0.2, 0) is 4.74 Å². The molecule has 0 saturated carbocycles. The molecule has 1 N–H and O–H groups in total. The minimum atomic E-state index is -0.323. The number of para-hydroxylation sites is 1. The molecule has 1 atom stereocenters. The van der Waals surface area contributed by atoms with Crippen LogP contribution in [0.5, 0.6) is 0 Å². The molecule has 0 amide bonds. The summed E-state index contributed by atoms with van der Waals surface area (Å²) >= 11 is 1.74. The summed E-state index contributed by atoms with van der Waals surface area (Å²) in [4.78, 5) is 15.2. The number of hydrogen-bond acceptors (Lipinski definition) is 5. The highest BCUT2D eigenvalue weighted by molar-refractivity contribution is 7.10. The summed E-state index contributed by atoms with van der Waals surface area (Å²) in [6.45, 7) is 0.724. The van der Waals surface area contributed by atoms with Gasteiger partial charge >= 0.3 is 5.97 Å². The molecule has 0 aliphatic rings. The third kappa shape index (κ3) is 3.83. The van der Waals surface area contributed by atoms with Crippen LogP contribution in [0.3, 0.4) is 0 Å². The average Bonchev–Trinajstić information content (AvgIpc) is 3.01.